The molecule has 4 N–H and O–H groups in total. The first-order valence-corrected chi connectivity index (χ1v) is 4.59. The SMILES string of the molecule is NC(=O)c1cccc(-n2c(O)ccc2O)c1. The average Bonchev–Trinajstić information content (AvgIpc) is 2.59. The molecule has 0 spiro atoms. The number of nitrogens with zero attached hydrogens (tertiary/aromatic N) is 1. The molecule has 0 radical (unpaired) electrons. The van der Waals surface area contributed by atoms with Crippen molar-refractivity contribution in [1.29, 1.82) is 0 Å². The second-order valence-electron chi connectivity index (χ2n) is 3.30. The summed E-state index contributed by atoms with van der Waals surface area (Å²) in [5.74, 6) is -0.786. The lowest BCUT2D eigenvalue weighted by molar-refractivity contribution is 0.1000. The van der Waals surface area contributed by atoms with Crippen LogP contribution in [0.1, 0.15) is 10.4 Å². The van der Waals surface area contributed by atoms with Gasteiger partial charge < -0.3 is 15.9 Å². The lowest BCUT2D eigenvalue weighted by atomic mass is 10.2. The van der Waals surface area contributed by atoms with E-state index in [1.807, 2.05) is 0 Å². The number of rotatable bonds is 2. The summed E-state index contributed by atoms with van der Waals surface area (Å²) in [6.07, 6.45) is 0. The molecule has 0 saturated carbocycles. The smallest absolute Gasteiger partial charge is 0.248 e. The van der Waals surface area contributed by atoms with Crippen molar-refractivity contribution in [1.82, 2.24) is 4.57 Å². The summed E-state index contributed by atoms with van der Waals surface area (Å²) in [6.45, 7) is 0. The Morgan fingerprint density at radius 3 is 2.31 bits per heavy atom. The number of aromatic nitrogens is 1. The number of benzene rings is 1. The van der Waals surface area contributed by atoms with Crippen LogP contribution in [0.15, 0.2) is 36.4 Å². The summed E-state index contributed by atoms with van der Waals surface area (Å²) in [5, 5.41) is 19.0. The number of amides is 1. The van der Waals surface area contributed by atoms with Gasteiger partial charge in [-0.1, -0.05) is 6.07 Å². The second kappa shape index (κ2) is 3.62. The highest BCUT2D eigenvalue weighted by Gasteiger charge is 2.09. The molecule has 0 atom stereocenters. The minimum atomic E-state index is -0.562. The van der Waals surface area contributed by atoms with E-state index >= 15 is 0 Å². The molecule has 16 heavy (non-hydrogen) atoms. The van der Waals surface area contributed by atoms with Crippen molar-refractivity contribution in [2.24, 2.45) is 5.73 Å². The van der Waals surface area contributed by atoms with Crippen LogP contribution in [-0.2, 0) is 0 Å². The topological polar surface area (TPSA) is 88.5 Å². The van der Waals surface area contributed by atoms with Gasteiger partial charge in [-0.2, -0.15) is 0 Å². The van der Waals surface area contributed by atoms with Crippen molar-refractivity contribution < 1.29 is 15.0 Å². The number of aromatic hydroxyl groups is 2. The Labute approximate surface area is 91.4 Å². The van der Waals surface area contributed by atoms with E-state index in [4.69, 9.17) is 5.73 Å². The van der Waals surface area contributed by atoms with Gasteiger partial charge in [0.25, 0.3) is 0 Å². The number of carbonyl (C=O) groups excluding carboxylic acids is 1. The number of nitrogens with two attached hydrogens (primary N) is 1. The highest BCUT2D eigenvalue weighted by molar-refractivity contribution is 5.93. The Morgan fingerprint density at radius 2 is 1.75 bits per heavy atom. The van der Waals surface area contributed by atoms with Crippen LogP contribution in [-0.4, -0.2) is 20.7 Å². The molecule has 0 aliphatic carbocycles. The first-order valence-electron chi connectivity index (χ1n) is 4.59. The lowest BCUT2D eigenvalue weighted by Gasteiger charge is -2.07. The van der Waals surface area contributed by atoms with Gasteiger partial charge in [0.1, 0.15) is 0 Å². The summed E-state index contributed by atoms with van der Waals surface area (Å²) in [6, 6.07) is 9.02. The summed E-state index contributed by atoms with van der Waals surface area (Å²) in [4.78, 5) is 11.0. The zero-order chi connectivity index (χ0) is 11.7. The van der Waals surface area contributed by atoms with Crippen LogP contribution in [0.2, 0.25) is 0 Å². The lowest BCUT2D eigenvalue weighted by Crippen LogP contribution is -2.11. The van der Waals surface area contributed by atoms with E-state index in [9.17, 15) is 15.0 Å². The van der Waals surface area contributed by atoms with Gasteiger partial charge in [0.05, 0.1) is 5.69 Å². The molecule has 2 rings (SSSR count). The molecule has 5 nitrogen and oxygen atoms in total. The zero-order valence-electron chi connectivity index (χ0n) is 8.29. The number of primary amides is 1. The predicted octanol–water partition coefficient (Wildman–Crippen LogP) is 0.987. The Kier molecular flexibility index (Phi) is 2.28. The Morgan fingerprint density at radius 1 is 1.12 bits per heavy atom. The third-order valence-electron chi connectivity index (χ3n) is 2.23. The first-order chi connectivity index (χ1) is 7.59. The fraction of sp³-hybridized carbons (Fsp3) is 0. The Balaban J connectivity index is 2.57. The predicted molar refractivity (Wildman–Crippen MR) is 57.6 cm³/mol. The van der Waals surface area contributed by atoms with Crippen molar-refractivity contribution in [2.45, 2.75) is 0 Å². The molecule has 82 valence electrons. The van der Waals surface area contributed by atoms with E-state index in [2.05, 4.69) is 0 Å². The molecular formula is C11H10N2O3. The van der Waals surface area contributed by atoms with Gasteiger partial charge in [0, 0.05) is 17.7 Å². The summed E-state index contributed by atoms with van der Waals surface area (Å²) < 4.78 is 1.20. The van der Waals surface area contributed by atoms with Gasteiger partial charge >= 0.3 is 0 Å². The zero-order valence-corrected chi connectivity index (χ0v) is 8.29. The minimum Gasteiger partial charge on any atom is -0.494 e. The van der Waals surface area contributed by atoms with Crippen molar-refractivity contribution in [3.8, 4) is 17.4 Å². The van der Waals surface area contributed by atoms with E-state index in [0.717, 1.165) is 0 Å². The quantitative estimate of drug-likeness (QED) is 0.702. The van der Waals surface area contributed by atoms with E-state index in [1.54, 1.807) is 18.2 Å². The van der Waals surface area contributed by atoms with Gasteiger partial charge in [-0.3, -0.25) is 9.36 Å². The molecule has 0 saturated heterocycles. The van der Waals surface area contributed by atoms with Crippen LogP contribution in [0.4, 0.5) is 0 Å². The van der Waals surface area contributed by atoms with E-state index in [-0.39, 0.29) is 11.8 Å². The average molecular weight is 218 g/mol. The van der Waals surface area contributed by atoms with Gasteiger partial charge in [-0.25, -0.2) is 0 Å². The molecular weight excluding hydrogens is 208 g/mol. The number of hydrogen-bond donors (Lipinski definition) is 3. The van der Waals surface area contributed by atoms with Gasteiger partial charge in [0.15, 0.2) is 11.8 Å². The van der Waals surface area contributed by atoms with Crippen LogP contribution in [0.25, 0.3) is 5.69 Å². The molecule has 0 bridgehead atoms. The standard InChI is InChI=1S/C11H10N2O3/c12-11(16)7-2-1-3-8(6-7)13-9(14)4-5-10(13)15/h1-6,14-15H,(H2,12,16). The molecule has 1 heterocycles. The first kappa shape index (κ1) is 10.1. The van der Waals surface area contributed by atoms with E-state index in [1.165, 1.54) is 22.8 Å². The molecule has 1 aromatic carbocycles. The maximum Gasteiger partial charge on any atom is 0.248 e. The minimum absolute atomic E-state index is 0.112. The summed E-state index contributed by atoms with van der Waals surface area (Å²) >= 11 is 0. The maximum absolute atomic E-state index is 11.0. The van der Waals surface area contributed by atoms with Crippen LogP contribution >= 0.6 is 0 Å². The fourth-order valence-corrected chi connectivity index (χ4v) is 1.48. The molecule has 5 heteroatoms. The number of hydrogen-bond acceptors (Lipinski definition) is 3. The number of carbonyl (C=O) groups is 1. The molecule has 0 unspecified atom stereocenters. The van der Waals surface area contributed by atoms with Crippen LogP contribution in [0.5, 0.6) is 11.8 Å². The van der Waals surface area contributed by atoms with Crippen LogP contribution in [0, 0.1) is 0 Å². The highest BCUT2D eigenvalue weighted by Crippen LogP contribution is 2.26. The van der Waals surface area contributed by atoms with Crippen LogP contribution < -0.4 is 5.73 Å². The molecule has 2 aromatic rings. The van der Waals surface area contributed by atoms with Crippen molar-refractivity contribution in [3.05, 3.63) is 42.0 Å². The molecule has 0 aliphatic rings. The summed E-state index contributed by atoms with van der Waals surface area (Å²) in [5.41, 5.74) is 5.92. The normalized spacial score (nSPS) is 10.2. The monoisotopic (exact) mass is 218 g/mol. The molecule has 1 amide bonds. The van der Waals surface area contributed by atoms with E-state index in [0.29, 0.717) is 11.3 Å². The van der Waals surface area contributed by atoms with Crippen molar-refractivity contribution in [3.63, 3.8) is 0 Å². The third kappa shape index (κ3) is 1.58. The van der Waals surface area contributed by atoms with Gasteiger partial charge in [0.2, 0.25) is 5.91 Å². The van der Waals surface area contributed by atoms with Crippen molar-refractivity contribution in [2.75, 3.05) is 0 Å². The van der Waals surface area contributed by atoms with Gasteiger partial charge in [-0.05, 0) is 18.2 Å². The van der Waals surface area contributed by atoms with Crippen LogP contribution in [0.3, 0.4) is 0 Å². The van der Waals surface area contributed by atoms with Gasteiger partial charge in [-0.15, -0.1) is 0 Å². The Hall–Kier alpha value is -2.43. The third-order valence-corrected chi connectivity index (χ3v) is 2.23. The fourth-order valence-electron chi connectivity index (χ4n) is 1.48. The second-order valence-corrected chi connectivity index (χ2v) is 3.30. The van der Waals surface area contributed by atoms with E-state index < -0.39 is 5.91 Å². The molecule has 1 aromatic heterocycles. The summed E-state index contributed by atoms with van der Waals surface area (Å²) in [7, 11) is 0. The maximum atomic E-state index is 11.0. The highest BCUT2D eigenvalue weighted by atomic mass is 16.3. The largest absolute Gasteiger partial charge is 0.494 e. The van der Waals surface area contributed by atoms with Crippen molar-refractivity contribution >= 4 is 5.91 Å². The molecule has 0 aliphatic heterocycles. The molecule has 0 fully saturated rings. The Bertz CT molecular complexity index is 526.